The van der Waals surface area contributed by atoms with Crippen LogP contribution in [-0.4, -0.2) is 60.6 Å². The van der Waals surface area contributed by atoms with Gasteiger partial charge in [-0.2, -0.15) is 5.10 Å². The predicted molar refractivity (Wildman–Crippen MR) is 84.6 cm³/mol. The summed E-state index contributed by atoms with van der Waals surface area (Å²) in [4.78, 5) is 14.0. The van der Waals surface area contributed by atoms with E-state index in [-0.39, 0.29) is 12.1 Å². The molecule has 2 heterocycles. The Morgan fingerprint density at radius 1 is 1.55 bits per heavy atom. The van der Waals surface area contributed by atoms with Gasteiger partial charge in [-0.3, -0.25) is 4.68 Å². The van der Waals surface area contributed by atoms with Gasteiger partial charge in [0.05, 0.1) is 18.3 Å². The molecule has 7 heteroatoms. The molecule has 1 saturated heterocycles. The molecular weight excluding hydrogens is 282 g/mol. The summed E-state index contributed by atoms with van der Waals surface area (Å²) < 4.78 is 7.31. The van der Waals surface area contributed by atoms with Crippen LogP contribution in [0.2, 0.25) is 0 Å². The fraction of sp³-hybridized carbons (Fsp3) is 0.733. The number of nitrogens with zero attached hydrogens (tertiary/aromatic N) is 3. The molecule has 0 saturated carbocycles. The van der Waals surface area contributed by atoms with E-state index >= 15 is 0 Å². The second-order valence-corrected chi connectivity index (χ2v) is 5.99. The Morgan fingerprint density at radius 3 is 2.95 bits per heavy atom. The number of ether oxygens (including phenoxy) is 1. The highest BCUT2D eigenvalue weighted by Gasteiger charge is 2.18. The Balaban J connectivity index is 1.70. The molecule has 2 amide bonds. The number of amides is 2. The molecule has 22 heavy (non-hydrogen) atoms. The van der Waals surface area contributed by atoms with Crippen LogP contribution in [0.15, 0.2) is 12.4 Å². The molecule has 124 valence electrons. The second kappa shape index (κ2) is 8.14. The lowest BCUT2D eigenvalue weighted by Crippen LogP contribution is -2.41. The molecule has 7 nitrogen and oxygen atoms in total. The average molecular weight is 309 g/mol. The van der Waals surface area contributed by atoms with Crippen molar-refractivity contribution >= 4 is 6.03 Å². The van der Waals surface area contributed by atoms with Gasteiger partial charge in [-0.1, -0.05) is 0 Å². The number of carbonyl (C=O) groups excluding carboxylic acids is 1. The monoisotopic (exact) mass is 309 g/mol. The Morgan fingerprint density at radius 2 is 2.36 bits per heavy atom. The summed E-state index contributed by atoms with van der Waals surface area (Å²) in [5.41, 5.74) is 1.09. The minimum Gasteiger partial charge on any atom is -0.378 e. The summed E-state index contributed by atoms with van der Waals surface area (Å²) in [6.45, 7) is 2.05. The van der Waals surface area contributed by atoms with E-state index in [9.17, 15) is 4.79 Å². The third-order valence-electron chi connectivity index (χ3n) is 3.96. The largest absolute Gasteiger partial charge is 0.378 e. The van der Waals surface area contributed by atoms with Gasteiger partial charge in [0.25, 0.3) is 0 Å². The number of hydrogen-bond acceptors (Lipinski definition) is 4. The fourth-order valence-electron chi connectivity index (χ4n) is 2.68. The lowest BCUT2D eigenvalue weighted by Gasteiger charge is -2.23. The first-order valence-electron chi connectivity index (χ1n) is 7.84. The highest BCUT2D eigenvalue weighted by Crippen LogP contribution is 2.16. The van der Waals surface area contributed by atoms with Gasteiger partial charge in [0, 0.05) is 38.5 Å². The van der Waals surface area contributed by atoms with Crippen molar-refractivity contribution in [3.05, 3.63) is 18.0 Å². The lowest BCUT2D eigenvalue weighted by molar-refractivity contribution is 0.104. The van der Waals surface area contributed by atoms with Crippen LogP contribution in [0, 0.1) is 0 Å². The molecule has 1 fully saturated rings. The summed E-state index contributed by atoms with van der Waals surface area (Å²) >= 11 is 0. The normalized spacial score (nSPS) is 19.4. The summed E-state index contributed by atoms with van der Waals surface area (Å²) in [6.07, 6.45) is 7.24. The highest BCUT2D eigenvalue weighted by molar-refractivity contribution is 5.73. The zero-order chi connectivity index (χ0) is 15.9. The highest BCUT2D eigenvalue weighted by atomic mass is 16.5. The van der Waals surface area contributed by atoms with Crippen LogP contribution >= 0.6 is 0 Å². The summed E-state index contributed by atoms with van der Waals surface area (Å²) in [5, 5.41) is 10.0. The molecule has 0 aromatic carbocycles. The number of nitrogens with one attached hydrogen (secondary N) is 2. The van der Waals surface area contributed by atoms with E-state index in [0.717, 1.165) is 31.4 Å². The molecule has 2 N–H and O–H groups in total. The minimum absolute atomic E-state index is 0.109. The Labute approximate surface area is 132 Å². The van der Waals surface area contributed by atoms with Gasteiger partial charge in [0.2, 0.25) is 0 Å². The summed E-state index contributed by atoms with van der Waals surface area (Å²) in [5.74, 6) is 0. The average Bonchev–Trinajstić information content (AvgIpc) is 3.11. The predicted octanol–water partition coefficient (Wildman–Crippen LogP) is 0.891. The third kappa shape index (κ3) is 4.99. The van der Waals surface area contributed by atoms with E-state index in [4.69, 9.17) is 4.74 Å². The van der Waals surface area contributed by atoms with Crippen LogP contribution in [-0.2, 0) is 11.8 Å². The maximum Gasteiger partial charge on any atom is 0.314 e. The first-order chi connectivity index (χ1) is 10.6. The number of carbonyl (C=O) groups is 1. The lowest BCUT2D eigenvalue weighted by atomic mass is 10.1. The molecule has 0 radical (unpaired) electrons. The molecule has 0 unspecified atom stereocenters. The number of likely N-dealkylation sites (N-methyl/N-ethyl adjacent to an activating group) is 1. The van der Waals surface area contributed by atoms with E-state index in [2.05, 4.69) is 20.6 Å². The smallest absolute Gasteiger partial charge is 0.314 e. The van der Waals surface area contributed by atoms with E-state index < -0.39 is 0 Å². The van der Waals surface area contributed by atoms with Crippen molar-refractivity contribution in [2.24, 2.45) is 7.05 Å². The van der Waals surface area contributed by atoms with Gasteiger partial charge in [-0.05, 0) is 33.4 Å². The molecule has 0 bridgehead atoms. The zero-order valence-corrected chi connectivity index (χ0v) is 13.7. The number of aryl methyl sites for hydroxylation is 1. The number of aromatic nitrogens is 2. The van der Waals surface area contributed by atoms with Gasteiger partial charge in [0.1, 0.15) is 0 Å². The Bertz CT molecular complexity index is 468. The quantitative estimate of drug-likeness (QED) is 0.785. The van der Waals surface area contributed by atoms with Crippen LogP contribution in [0.5, 0.6) is 0 Å². The van der Waals surface area contributed by atoms with Gasteiger partial charge in [-0.25, -0.2) is 4.79 Å². The van der Waals surface area contributed by atoms with Crippen molar-refractivity contribution in [2.45, 2.75) is 31.4 Å². The van der Waals surface area contributed by atoms with Crippen molar-refractivity contribution in [1.29, 1.82) is 0 Å². The summed E-state index contributed by atoms with van der Waals surface area (Å²) in [7, 11) is 5.88. The van der Waals surface area contributed by atoms with Gasteiger partial charge in [-0.15, -0.1) is 0 Å². The van der Waals surface area contributed by atoms with Crippen LogP contribution in [0.3, 0.4) is 0 Å². The third-order valence-corrected chi connectivity index (χ3v) is 3.96. The molecule has 0 spiro atoms. The van der Waals surface area contributed by atoms with E-state index in [1.54, 1.807) is 4.68 Å². The molecule has 1 aliphatic rings. The first-order valence-corrected chi connectivity index (χ1v) is 7.84. The molecule has 0 aliphatic carbocycles. The van der Waals surface area contributed by atoms with Crippen LogP contribution in [0.4, 0.5) is 4.79 Å². The Kier molecular flexibility index (Phi) is 6.21. The van der Waals surface area contributed by atoms with Gasteiger partial charge >= 0.3 is 6.03 Å². The molecule has 2 rings (SSSR count). The first kappa shape index (κ1) is 16.8. The van der Waals surface area contributed by atoms with Crippen LogP contribution in [0.25, 0.3) is 0 Å². The molecule has 1 aliphatic heterocycles. The molecule has 1 aromatic heterocycles. The van der Waals surface area contributed by atoms with Crippen molar-refractivity contribution in [3.8, 4) is 0 Å². The van der Waals surface area contributed by atoms with E-state index in [1.165, 1.54) is 0 Å². The van der Waals surface area contributed by atoms with Crippen LogP contribution < -0.4 is 10.6 Å². The van der Waals surface area contributed by atoms with Crippen molar-refractivity contribution in [3.63, 3.8) is 0 Å². The maximum absolute atomic E-state index is 11.9. The molecule has 1 aromatic rings. The van der Waals surface area contributed by atoms with Crippen molar-refractivity contribution < 1.29 is 9.53 Å². The van der Waals surface area contributed by atoms with E-state index in [0.29, 0.717) is 19.2 Å². The van der Waals surface area contributed by atoms with Gasteiger partial charge < -0.3 is 20.3 Å². The van der Waals surface area contributed by atoms with Crippen LogP contribution in [0.1, 0.15) is 30.9 Å². The number of urea groups is 1. The molecular formula is C15H27N5O2. The topological polar surface area (TPSA) is 71.4 Å². The summed E-state index contributed by atoms with van der Waals surface area (Å²) in [6, 6.07) is -0.0219. The van der Waals surface area contributed by atoms with Crippen molar-refractivity contribution in [1.82, 2.24) is 25.3 Å². The standard InChI is InChI=1S/C15H27N5O2/c1-19(2)14(12-9-18-20(3)11-12)10-17-15(21)16-7-6-13-5-4-8-22-13/h9,11,13-14H,4-8,10H2,1-3H3,(H2,16,17,21)/t13-,14+/m0/s1. The molecule has 2 atom stereocenters. The van der Waals surface area contributed by atoms with Gasteiger partial charge in [0.15, 0.2) is 0 Å². The maximum atomic E-state index is 11.9. The Hall–Kier alpha value is -1.60. The fourth-order valence-corrected chi connectivity index (χ4v) is 2.68. The second-order valence-electron chi connectivity index (χ2n) is 5.99. The SMILES string of the molecule is CN(C)[C@H](CNC(=O)NCC[C@@H]1CCCO1)c1cnn(C)c1. The van der Waals surface area contributed by atoms with E-state index in [1.807, 2.05) is 33.5 Å². The zero-order valence-electron chi connectivity index (χ0n) is 13.7. The minimum atomic E-state index is -0.131. The number of hydrogen-bond donors (Lipinski definition) is 2. The van der Waals surface area contributed by atoms with Crippen molar-refractivity contribution in [2.75, 3.05) is 33.8 Å². The number of rotatable bonds is 7.